The minimum absolute atomic E-state index is 0.192. The normalized spacial score (nSPS) is 15.8. The Morgan fingerprint density at radius 1 is 1.11 bits per heavy atom. The van der Waals surface area contributed by atoms with Crippen LogP contribution < -0.4 is 11.6 Å². The number of hydrazine groups is 1. The van der Waals surface area contributed by atoms with Crippen molar-refractivity contribution in [2.24, 2.45) is 5.84 Å². The molecular formula is C14H13N3O2. The van der Waals surface area contributed by atoms with Crippen LogP contribution in [0.15, 0.2) is 60.3 Å². The number of nitrogens with two attached hydrogens (primary N) is 2. The van der Waals surface area contributed by atoms with Crippen molar-refractivity contribution in [2.45, 2.75) is 0 Å². The summed E-state index contributed by atoms with van der Waals surface area (Å²) in [5.74, 6) is 5.04. The van der Waals surface area contributed by atoms with Crippen molar-refractivity contribution >= 4 is 17.4 Å². The van der Waals surface area contributed by atoms with Crippen LogP contribution in [0.4, 0.5) is 5.69 Å². The number of allylic oxidation sites excluding steroid dienone is 5. The van der Waals surface area contributed by atoms with Crippen molar-refractivity contribution in [1.82, 2.24) is 5.01 Å². The van der Waals surface area contributed by atoms with Crippen molar-refractivity contribution in [3.8, 4) is 0 Å². The molecular weight excluding hydrogens is 242 g/mol. The summed E-state index contributed by atoms with van der Waals surface area (Å²) in [7, 11) is 0. The van der Waals surface area contributed by atoms with Gasteiger partial charge in [0.2, 0.25) is 0 Å². The van der Waals surface area contributed by atoms with Gasteiger partial charge >= 0.3 is 0 Å². The SMILES string of the molecule is Nc1ccc(C(=O)N(N)C=C2C=CC=CC2=O)cc1. The van der Waals surface area contributed by atoms with E-state index in [1.807, 2.05) is 0 Å². The van der Waals surface area contributed by atoms with Crippen molar-refractivity contribution in [1.29, 1.82) is 0 Å². The Kier molecular flexibility index (Phi) is 3.58. The lowest BCUT2D eigenvalue weighted by Crippen LogP contribution is -2.33. The van der Waals surface area contributed by atoms with Crippen molar-refractivity contribution in [3.05, 3.63) is 65.9 Å². The van der Waals surface area contributed by atoms with Gasteiger partial charge in [-0.05, 0) is 36.4 Å². The molecule has 5 heteroatoms. The molecule has 96 valence electrons. The van der Waals surface area contributed by atoms with Gasteiger partial charge in [0.15, 0.2) is 5.78 Å². The van der Waals surface area contributed by atoms with E-state index in [1.54, 1.807) is 42.5 Å². The summed E-state index contributed by atoms with van der Waals surface area (Å²) in [4.78, 5) is 23.5. The largest absolute Gasteiger partial charge is 0.399 e. The third kappa shape index (κ3) is 2.97. The highest BCUT2D eigenvalue weighted by atomic mass is 16.2. The molecule has 0 bridgehead atoms. The Hall–Kier alpha value is -2.66. The third-order valence-corrected chi connectivity index (χ3v) is 2.59. The van der Waals surface area contributed by atoms with E-state index in [-0.39, 0.29) is 5.78 Å². The van der Waals surface area contributed by atoms with Crippen molar-refractivity contribution < 1.29 is 9.59 Å². The first-order valence-corrected chi connectivity index (χ1v) is 5.62. The summed E-state index contributed by atoms with van der Waals surface area (Å²) in [5, 5.41) is 0.891. The maximum absolute atomic E-state index is 12.0. The number of ketones is 1. The third-order valence-electron chi connectivity index (χ3n) is 2.59. The van der Waals surface area contributed by atoms with E-state index >= 15 is 0 Å². The van der Waals surface area contributed by atoms with E-state index in [4.69, 9.17) is 11.6 Å². The van der Waals surface area contributed by atoms with Gasteiger partial charge < -0.3 is 5.73 Å². The summed E-state index contributed by atoms with van der Waals surface area (Å²) >= 11 is 0. The smallest absolute Gasteiger partial charge is 0.271 e. The van der Waals surface area contributed by atoms with E-state index in [0.29, 0.717) is 16.8 Å². The molecule has 0 atom stereocenters. The summed E-state index contributed by atoms with van der Waals surface area (Å²) < 4.78 is 0. The van der Waals surface area contributed by atoms with Crippen molar-refractivity contribution in [3.63, 3.8) is 0 Å². The Balaban J connectivity index is 2.18. The number of rotatable bonds is 2. The van der Waals surface area contributed by atoms with Gasteiger partial charge in [-0.25, -0.2) is 5.84 Å². The van der Waals surface area contributed by atoms with Gasteiger partial charge in [0.1, 0.15) is 0 Å². The highest BCUT2D eigenvalue weighted by Gasteiger charge is 2.13. The summed E-state index contributed by atoms with van der Waals surface area (Å²) in [5.41, 5.74) is 6.86. The maximum atomic E-state index is 12.0. The molecule has 1 aliphatic carbocycles. The van der Waals surface area contributed by atoms with E-state index in [9.17, 15) is 9.59 Å². The van der Waals surface area contributed by atoms with Gasteiger partial charge in [-0.3, -0.25) is 14.6 Å². The van der Waals surface area contributed by atoms with Crippen LogP contribution >= 0.6 is 0 Å². The Morgan fingerprint density at radius 2 is 1.74 bits per heavy atom. The molecule has 0 saturated heterocycles. The van der Waals surface area contributed by atoms with Crippen LogP contribution in [0.1, 0.15) is 10.4 Å². The molecule has 0 heterocycles. The van der Waals surface area contributed by atoms with Gasteiger partial charge in [-0.1, -0.05) is 12.2 Å². The summed E-state index contributed by atoms with van der Waals surface area (Å²) in [6, 6.07) is 6.38. The lowest BCUT2D eigenvalue weighted by atomic mass is 10.1. The molecule has 0 radical (unpaired) electrons. The predicted octanol–water partition coefficient (Wildman–Crippen LogP) is 1.16. The maximum Gasteiger partial charge on any atom is 0.271 e. The van der Waals surface area contributed by atoms with Crippen LogP contribution in [0, 0.1) is 0 Å². The van der Waals surface area contributed by atoms with Gasteiger partial charge in [-0.15, -0.1) is 0 Å². The average molecular weight is 255 g/mol. The fraction of sp³-hybridized carbons (Fsp3) is 0. The molecule has 0 aliphatic heterocycles. The van der Waals surface area contributed by atoms with Crippen LogP contribution in [0.5, 0.6) is 0 Å². The second kappa shape index (κ2) is 5.32. The standard InChI is InChI=1S/C14H13N3O2/c15-12-7-5-10(6-8-12)14(19)17(16)9-11-3-1-2-4-13(11)18/h1-9H,15-16H2. The fourth-order valence-corrected chi connectivity index (χ4v) is 1.57. The second-order valence-electron chi connectivity index (χ2n) is 4.00. The molecule has 1 amide bonds. The van der Waals surface area contributed by atoms with E-state index in [1.165, 1.54) is 12.3 Å². The molecule has 1 aromatic rings. The zero-order valence-corrected chi connectivity index (χ0v) is 10.1. The fourth-order valence-electron chi connectivity index (χ4n) is 1.57. The first kappa shape index (κ1) is 12.8. The van der Waals surface area contributed by atoms with Gasteiger partial charge in [0.25, 0.3) is 5.91 Å². The number of hydrogen-bond donors (Lipinski definition) is 2. The summed E-state index contributed by atoms with van der Waals surface area (Å²) in [6.07, 6.45) is 7.64. The molecule has 0 aromatic heterocycles. The van der Waals surface area contributed by atoms with Gasteiger partial charge in [0.05, 0.1) is 0 Å². The number of hydrogen-bond acceptors (Lipinski definition) is 4. The highest BCUT2D eigenvalue weighted by Crippen LogP contribution is 2.10. The van der Waals surface area contributed by atoms with Crippen LogP contribution in [0.2, 0.25) is 0 Å². The van der Waals surface area contributed by atoms with E-state index in [2.05, 4.69) is 0 Å². The molecule has 19 heavy (non-hydrogen) atoms. The molecule has 1 aromatic carbocycles. The zero-order chi connectivity index (χ0) is 13.8. The number of benzene rings is 1. The number of carbonyl (C=O) groups excluding carboxylic acids is 2. The van der Waals surface area contributed by atoms with E-state index in [0.717, 1.165) is 5.01 Å². The Labute approximate surface area is 110 Å². The Bertz CT molecular complexity index is 598. The molecule has 2 rings (SSSR count). The minimum Gasteiger partial charge on any atom is -0.399 e. The molecule has 0 saturated carbocycles. The number of amides is 1. The van der Waals surface area contributed by atoms with Gasteiger partial charge in [0, 0.05) is 23.0 Å². The minimum atomic E-state index is -0.414. The van der Waals surface area contributed by atoms with Crippen LogP contribution in [-0.2, 0) is 4.79 Å². The first-order chi connectivity index (χ1) is 9.08. The quantitative estimate of drug-likeness (QED) is 0.273. The number of nitrogens with zero attached hydrogens (tertiary/aromatic N) is 1. The van der Waals surface area contributed by atoms with Crippen LogP contribution in [-0.4, -0.2) is 16.7 Å². The molecule has 0 spiro atoms. The molecule has 1 aliphatic rings. The first-order valence-electron chi connectivity index (χ1n) is 5.62. The monoisotopic (exact) mass is 255 g/mol. The second-order valence-corrected chi connectivity index (χ2v) is 4.00. The average Bonchev–Trinajstić information content (AvgIpc) is 2.41. The predicted molar refractivity (Wildman–Crippen MR) is 72.6 cm³/mol. The number of anilines is 1. The molecule has 5 nitrogen and oxygen atoms in total. The van der Waals surface area contributed by atoms with Crippen molar-refractivity contribution in [2.75, 3.05) is 5.73 Å². The number of carbonyl (C=O) groups is 2. The molecule has 0 fully saturated rings. The van der Waals surface area contributed by atoms with Crippen LogP contribution in [0.25, 0.3) is 0 Å². The highest BCUT2D eigenvalue weighted by molar-refractivity contribution is 6.07. The van der Waals surface area contributed by atoms with Crippen LogP contribution in [0.3, 0.4) is 0 Å². The lowest BCUT2D eigenvalue weighted by molar-refractivity contribution is -0.111. The van der Waals surface area contributed by atoms with Gasteiger partial charge in [-0.2, -0.15) is 0 Å². The zero-order valence-electron chi connectivity index (χ0n) is 10.1. The molecule has 0 unspecified atom stereocenters. The van der Waals surface area contributed by atoms with E-state index < -0.39 is 5.91 Å². The lowest BCUT2D eigenvalue weighted by Gasteiger charge is -2.13. The number of nitrogen functional groups attached to an aromatic ring is 1. The topological polar surface area (TPSA) is 89.4 Å². The molecule has 4 N–H and O–H groups in total. The Morgan fingerprint density at radius 3 is 2.37 bits per heavy atom. The summed E-state index contributed by atoms with van der Waals surface area (Å²) in [6.45, 7) is 0.